The number of anilines is 1. The van der Waals surface area contributed by atoms with Crippen LogP contribution in [0.4, 0.5) is 5.69 Å². The highest BCUT2D eigenvalue weighted by Gasteiger charge is 2.14. The first kappa shape index (κ1) is 17.8. The van der Waals surface area contributed by atoms with Crippen LogP contribution in [0.3, 0.4) is 0 Å². The fourth-order valence-electron chi connectivity index (χ4n) is 2.83. The lowest BCUT2D eigenvalue weighted by Gasteiger charge is -2.10. The summed E-state index contributed by atoms with van der Waals surface area (Å²) in [4.78, 5) is 18.8. The summed E-state index contributed by atoms with van der Waals surface area (Å²) in [5.74, 6) is 0.355. The normalized spacial score (nSPS) is 10.6. The molecule has 4 rings (SSSR count). The maximum absolute atomic E-state index is 12.9. The molecular formula is C22H15N3O2S. The summed E-state index contributed by atoms with van der Waals surface area (Å²) in [6.07, 6.45) is 0. The molecule has 5 nitrogen and oxygen atoms in total. The largest absolute Gasteiger partial charge is 0.441 e. The summed E-state index contributed by atoms with van der Waals surface area (Å²) in [6.45, 7) is 1.78. The maximum atomic E-state index is 12.9. The predicted octanol–water partition coefficient (Wildman–Crippen LogP) is 5.41. The second-order valence-corrected chi connectivity index (χ2v) is 7.16. The highest BCUT2D eigenvalue weighted by atomic mass is 32.2. The van der Waals surface area contributed by atoms with Crippen LogP contribution >= 0.6 is 11.8 Å². The van der Waals surface area contributed by atoms with Gasteiger partial charge in [0.2, 0.25) is 0 Å². The number of carbonyl (C=O) groups is 1. The molecule has 136 valence electrons. The molecule has 0 fully saturated rings. The molecule has 1 N–H and O–H groups in total. The third kappa shape index (κ3) is 3.61. The van der Waals surface area contributed by atoms with E-state index >= 15 is 0 Å². The third-order valence-corrected chi connectivity index (χ3v) is 5.26. The summed E-state index contributed by atoms with van der Waals surface area (Å²) in [5.41, 5.74) is 3.13. The van der Waals surface area contributed by atoms with E-state index in [1.54, 1.807) is 37.3 Å². The van der Waals surface area contributed by atoms with E-state index in [1.165, 1.54) is 11.8 Å². The van der Waals surface area contributed by atoms with Crippen LogP contribution in [0.1, 0.15) is 21.8 Å². The highest BCUT2D eigenvalue weighted by Crippen LogP contribution is 2.33. The number of benzene rings is 3. The molecule has 3 aromatic carbocycles. The fourth-order valence-corrected chi connectivity index (χ4v) is 3.85. The minimum atomic E-state index is -0.225. The van der Waals surface area contributed by atoms with Gasteiger partial charge in [0.15, 0.2) is 11.5 Å². The van der Waals surface area contributed by atoms with Crippen LogP contribution in [-0.4, -0.2) is 10.9 Å². The smallest absolute Gasteiger partial charge is 0.256 e. The number of carbonyl (C=O) groups excluding carboxylic acids is 1. The van der Waals surface area contributed by atoms with Gasteiger partial charge in [0.25, 0.3) is 5.91 Å². The molecule has 4 aromatic rings. The van der Waals surface area contributed by atoms with Crippen LogP contribution in [0.25, 0.3) is 11.1 Å². The maximum Gasteiger partial charge on any atom is 0.256 e. The van der Waals surface area contributed by atoms with Gasteiger partial charge in [-0.2, -0.15) is 5.26 Å². The first-order valence-electron chi connectivity index (χ1n) is 8.58. The minimum Gasteiger partial charge on any atom is -0.441 e. The van der Waals surface area contributed by atoms with Crippen LogP contribution in [-0.2, 0) is 0 Å². The average Bonchev–Trinajstić information content (AvgIpc) is 3.08. The Labute approximate surface area is 166 Å². The molecule has 0 saturated carbocycles. The Hall–Kier alpha value is -3.56. The Morgan fingerprint density at radius 2 is 1.82 bits per heavy atom. The molecule has 0 spiro atoms. The van der Waals surface area contributed by atoms with Crippen molar-refractivity contribution in [2.24, 2.45) is 0 Å². The molecule has 6 heteroatoms. The van der Waals surface area contributed by atoms with Crippen LogP contribution in [0.2, 0.25) is 0 Å². The van der Waals surface area contributed by atoms with Crippen molar-refractivity contribution in [2.45, 2.75) is 16.7 Å². The van der Waals surface area contributed by atoms with Gasteiger partial charge in [-0.1, -0.05) is 36.0 Å². The number of hydrogen-bond acceptors (Lipinski definition) is 5. The molecule has 0 aliphatic carbocycles. The molecule has 28 heavy (non-hydrogen) atoms. The number of nitrogens with zero attached hydrogens (tertiary/aromatic N) is 2. The fraction of sp³-hybridized carbons (Fsp3) is 0.0455. The van der Waals surface area contributed by atoms with E-state index in [0.29, 0.717) is 33.8 Å². The van der Waals surface area contributed by atoms with Crippen molar-refractivity contribution >= 4 is 34.5 Å². The zero-order chi connectivity index (χ0) is 19.5. The van der Waals surface area contributed by atoms with Gasteiger partial charge in [-0.25, -0.2) is 4.98 Å². The van der Waals surface area contributed by atoms with Gasteiger partial charge in [-0.3, -0.25) is 4.79 Å². The first-order valence-corrected chi connectivity index (χ1v) is 9.40. The van der Waals surface area contributed by atoms with Crippen molar-refractivity contribution in [3.63, 3.8) is 0 Å². The van der Waals surface area contributed by atoms with Crippen molar-refractivity contribution in [1.82, 2.24) is 4.98 Å². The predicted molar refractivity (Wildman–Crippen MR) is 108 cm³/mol. The van der Waals surface area contributed by atoms with E-state index in [0.717, 1.165) is 9.79 Å². The number of amides is 1. The standard InChI is InChI=1S/C22H15N3O2S/c1-14-24-18-12-16(10-11-19(18)27-14)25-22(26)17-7-3-5-9-21(17)28-20-8-4-2-6-15(20)13-23/h2-12H,1H3,(H,25,26). The van der Waals surface area contributed by atoms with Crippen LogP contribution in [0.5, 0.6) is 0 Å². The van der Waals surface area contributed by atoms with Gasteiger partial charge in [0.1, 0.15) is 11.6 Å². The Morgan fingerprint density at radius 1 is 1.07 bits per heavy atom. The third-order valence-electron chi connectivity index (χ3n) is 4.11. The van der Waals surface area contributed by atoms with E-state index < -0.39 is 0 Å². The molecule has 1 aromatic heterocycles. The quantitative estimate of drug-likeness (QED) is 0.508. The monoisotopic (exact) mass is 385 g/mol. The van der Waals surface area contributed by atoms with Crippen molar-refractivity contribution in [1.29, 1.82) is 5.26 Å². The Morgan fingerprint density at radius 3 is 2.64 bits per heavy atom. The summed E-state index contributed by atoms with van der Waals surface area (Å²) >= 11 is 1.40. The molecule has 0 atom stereocenters. The topological polar surface area (TPSA) is 78.9 Å². The minimum absolute atomic E-state index is 0.225. The van der Waals surface area contributed by atoms with Crippen molar-refractivity contribution in [3.05, 3.63) is 83.7 Å². The van der Waals surface area contributed by atoms with E-state index in [4.69, 9.17) is 4.42 Å². The summed E-state index contributed by atoms with van der Waals surface area (Å²) in [6, 6.07) is 22.2. The van der Waals surface area contributed by atoms with Crippen molar-refractivity contribution in [3.8, 4) is 6.07 Å². The molecule has 0 unspecified atom stereocenters. The van der Waals surface area contributed by atoms with Gasteiger partial charge in [-0.05, 0) is 42.5 Å². The molecule has 0 radical (unpaired) electrons. The van der Waals surface area contributed by atoms with Crippen LogP contribution in [0.15, 0.2) is 80.9 Å². The number of rotatable bonds is 4. The summed E-state index contributed by atoms with van der Waals surface area (Å²) < 4.78 is 5.47. The lowest BCUT2D eigenvalue weighted by Crippen LogP contribution is -2.12. The van der Waals surface area contributed by atoms with Gasteiger partial charge in [-0.15, -0.1) is 0 Å². The van der Waals surface area contributed by atoms with E-state index in [1.807, 2.05) is 36.4 Å². The molecule has 1 heterocycles. The number of nitrogens with one attached hydrogen (secondary N) is 1. The molecule has 0 aliphatic heterocycles. The Bertz CT molecular complexity index is 1220. The number of nitriles is 1. The van der Waals surface area contributed by atoms with Gasteiger partial charge in [0.05, 0.1) is 11.1 Å². The van der Waals surface area contributed by atoms with E-state index in [2.05, 4.69) is 16.4 Å². The zero-order valence-electron chi connectivity index (χ0n) is 15.0. The van der Waals surface area contributed by atoms with Crippen molar-refractivity contribution in [2.75, 3.05) is 5.32 Å². The summed E-state index contributed by atoms with van der Waals surface area (Å²) in [7, 11) is 0. The zero-order valence-corrected chi connectivity index (χ0v) is 15.8. The lowest BCUT2D eigenvalue weighted by molar-refractivity contribution is 0.102. The molecule has 1 amide bonds. The van der Waals surface area contributed by atoms with Crippen LogP contribution < -0.4 is 5.32 Å². The van der Waals surface area contributed by atoms with Gasteiger partial charge < -0.3 is 9.73 Å². The number of oxazole rings is 1. The number of aromatic nitrogens is 1. The second-order valence-electron chi connectivity index (χ2n) is 6.08. The van der Waals surface area contributed by atoms with Gasteiger partial charge in [0, 0.05) is 22.4 Å². The Balaban J connectivity index is 1.61. The summed E-state index contributed by atoms with van der Waals surface area (Å²) in [5, 5.41) is 12.2. The van der Waals surface area contributed by atoms with Crippen LogP contribution in [0, 0.1) is 18.3 Å². The number of aryl methyl sites for hydroxylation is 1. The van der Waals surface area contributed by atoms with Gasteiger partial charge >= 0.3 is 0 Å². The second kappa shape index (κ2) is 7.59. The Kier molecular flexibility index (Phi) is 4.83. The first-order chi connectivity index (χ1) is 13.6. The number of fused-ring (bicyclic) bond motifs is 1. The molecular weight excluding hydrogens is 370 g/mol. The van der Waals surface area contributed by atoms with Crippen molar-refractivity contribution < 1.29 is 9.21 Å². The highest BCUT2D eigenvalue weighted by molar-refractivity contribution is 7.99. The SMILES string of the molecule is Cc1nc2cc(NC(=O)c3ccccc3Sc3ccccc3C#N)ccc2o1. The molecule has 0 aliphatic rings. The average molecular weight is 385 g/mol. The molecule has 0 saturated heterocycles. The molecule has 0 bridgehead atoms. The lowest BCUT2D eigenvalue weighted by atomic mass is 10.2. The number of hydrogen-bond donors (Lipinski definition) is 1. The van der Waals surface area contributed by atoms with E-state index in [9.17, 15) is 10.1 Å². The van der Waals surface area contributed by atoms with E-state index in [-0.39, 0.29) is 5.91 Å².